The Bertz CT molecular complexity index is 1800. The van der Waals surface area contributed by atoms with Crippen molar-refractivity contribution in [3.63, 3.8) is 0 Å². The summed E-state index contributed by atoms with van der Waals surface area (Å²) in [5, 5.41) is 14.8. The fraction of sp³-hybridized carbons (Fsp3) is 0.200. The van der Waals surface area contributed by atoms with Crippen LogP contribution in [0.3, 0.4) is 0 Å². The molecule has 1 aliphatic rings. The second-order valence-electron chi connectivity index (χ2n) is 10.0. The SMILES string of the molecule is CCOc1ccc(-c2nn(-c3ccccc3)cc2/C=C2\C(=O)N(CCc3ccc(OC)c(OC)c3)C(=O)C(C#N)=C2C)cc1. The standard InChI is InChI=1S/C35H32N4O5/c1-5-44-28-14-12-25(13-15-28)33-26(22-39(37-33)27-9-7-6-8-10-27)20-29-23(2)30(21-36)35(41)38(34(29)40)18-17-24-11-16-31(42-3)32(19-24)43-4/h6-16,19-20,22H,5,17-18H2,1-4H3/b29-20-. The molecule has 0 N–H and O–H groups in total. The summed E-state index contributed by atoms with van der Waals surface area (Å²) in [5.74, 6) is 0.780. The molecule has 0 radical (unpaired) electrons. The molecule has 3 aromatic carbocycles. The molecule has 0 bridgehead atoms. The van der Waals surface area contributed by atoms with E-state index >= 15 is 0 Å². The van der Waals surface area contributed by atoms with Crippen molar-refractivity contribution in [2.45, 2.75) is 20.3 Å². The van der Waals surface area contributed by atoms with Crippen molar-refractivity contribution in [2.24, 2.45) is 0 Å². The molecule has 1 aromatic heterocycles. The number of nitriles is 1. The Labute approximate surface area is 256 Å². The zero-order valence-electron chi connectivity index (χ0n) is 25.0. The van der Waals surface area contributed by atoms with E-state index in [4.69, 9.17) is 19.3 Å². The number of methoxy groups -OCH3 is 2. The highest BCUT2D eigenvalue weighted by atomic mass is 16.5. The van der Waals surface area contributed by atoms with Crippen molar-refractivity contribution < 1.29 is 23.8 Å². The van der Waals surface area contributed by atoms with Crippen molar-refractivity contribution in [3.8, 4) is 40.3 Å². The predicted octanol–water partition coefficient (Wildman–Crippen LogP) is 5.79. The third-order valence-corrected chi connectivity index (χ3v) is 7.40. The lowest BCUT2D eigenvalue weighted by Crippen LogP contribution is -2.43. The molecule has 0 unspecified atom stereocenters. The number of nitrogens with zero attached hydrogens (tertiary/aromatic N) is 4. The fourth-order valence-electron chi connectivity index (χ4n) is 5.07. The first kappa shape index (κ1) is 29.9. The summed E-state index contributed by atoms with van der Waals surface area (Å²) in [6.45, 7) is 4.19. The van der Waals surface area contributed by atoms with Gasteiger partial charge in [-0.25, -0.2) is 4.68 Å². The molecule has 2 amide bonds. The minimum absolute atomic E-state index is 0.0683. The van der Waals surface area contributed by atoms with Gasteiger partial charge in [0, 0.05) is 29.4 Å². The number of para-hydroxylation sites is 1. The number of hydrogen-bond donors (Lipinski definition) is 0. The number of aromatic nitrogens is 2. The van der Waals surface area contributed by atoms with Gasteiger partial charge in [-0.05, 0) is 86.0 Å². The summed E-state index contributed by atoms with van der Waals surface area (Å²) < 4.78 is 18.1. The second kappa shape index (κ2) is 13.1. The van der Waals surface area contributed by atoms with Crippen LogP contribution in [0.4, 0.5) is 0 Å². The average molecular weight is 589 g/mol. The van der Waals surface area contributed by atoms with Gasteiger partial charge < -0.3 is 14.2 Å². The summed E-state index contributed by atoms with van der Waals surface area (Å²) in [7, 11) is 3.10. The van der Waals surface area contributed by atoms with Gasteiger partial charge in [-0.15, -0.1) is 0 Å². The zero-order chi connectivity index (χ0) is 31.2. The van der Waals surface area contributed by atoms with Crippen LogP contribution >= 0.6 is 0 Å². The van der Waals surface area contributed by atoms with E-state index in [2.05, 4.69) is 0 Å². The molecule has 0 saturated heterocycles. The first-order valence-electron chi connectivity index (χ1n) is 14.2. The molecule has 4 aromatic rings. The lowest BCUT2D eigenvalue weighted by Gasteiger charge is -2.27. The van der Waals surface area contributed by atoms with Gasteiger partial charge in [-0.3, -0.25) is 14.5 Å². The Morgan fingerprint density at radius 2 is 1.66 bits per heavy atom. The van der Waals surface area contributed by atoms with Gasteiger partial charge in [0.1, 0.15) is 17.4 Å². The van der Waals surface area contributed by atoms with Crippen LogP contribution < -0.4 is 14.2 Å². The van der Waals surface area contributed by atoms with Gasteiger partial charge in [0.2, 0.25) is 0 Å². The normalized spacial score (nSPS) is 14.2. The van der Waals surface area contributed by atoms with Crippen LogP contribution in [0.2, 0.25) is 0 Å². The summed E-state index contributed by atoms with van der Waals surface area (Å²) in [4.78, 5) is 28.3. The van der Waals surface area contributed by atoms with Crippen LogP contribution in [0.25, 0.3) is 23.0 Å². The number of amides is 2. The van der Waals surface area contributed by atoms with Gasteiger partial charge in [0.15, 0.2) is 11.5 Å². The van der Waals surface area contributed by atoms with E-state index in [1.165, 1.54) is 0 Å². The van der Waals surface area contributed by atoms with Crippen molar-refractivity contribution >= 4 is 17.9 Å². The lowest BCUT2D eigenvalue weighted by molar-refractivity contribution is -0.140. The van der Waals surface area contributed by atoms with Crippen molar-refractivity contribution in [1.82, 2.24) is 14.7 Å². The first-order valence-corrected chi connectivity index (χ1v) is 14.2. The Kier molecular flexibility index (Phi) is 8.91. The Hall–Kier alpha value is -5.62. The van der Waals surface area contributed by atoms with Crippen LogP contribution in [-0.4, -0.2) is 53.9 Å². The van der Waals surface area contributed by atoms with Crippen LogP contribution in [0.1, 0.15) is 25.0 Å². The van der Waals surface area contributed by atoms with Crippen LogP contribution in [0, 0.1) is 11.3 Å². The van der Waals surface area contributed by atoms with Gasteiger partial charge >= 0.3 is 0 Å². The van der Waals surface area contributed by atoms with Gasteiger partial charge in [0.25, 0.3) is 11.8 Å². The Balaban J connectivity index is 1.55. The minimum Gasteiger partial charge on any atom is -0.494 e. The maximum absolute atomic E-state index is 13.9. The molecule has 44 heavy (non-hydrogen) atoms. The number of carbonyl (C=O) groups is 2. The number of benzene rings is 3. The monoisotopic (exact) mass is 588 g/mol. The van der Waals surface area contributed by atoms with Gasteiger partial charge in [-0.1, -0.05) is 24.3 Å². The molecule has 0 atom stereocenters. The van der Waals surface area contributed by atoms with Gasteiger partial charge in [0.05, 0.1) is 32.2 Å². The van der Waals surface area contributed by atoms with Gasteiger partial charge in [-0.2, -0.15) is 10.4 Å². The average Bonchev–Trinajstić information content (AvgIpc) is 3.48. The summed E-state index contributed by atoms with van der Waals surface area (Å²) in [6, 6.07) is 24.7. The third-order valence-electron chi connectivity index (χ3n) is 7.40. The molecule has 2 heterocycles. The maximum Gasteiger partial charge on any atom is 0.271 e. The highest BCUT2D eigenvalue weighted by molar-refractivity contribution is 6.19. The molecule has 0 spiro atoms. The summed E-state index contributed by atoms with van der Waals surface area (Å²) in [5.41, 5.74) is 4.33. The van der Waals surface area contributed by atoms with E-state index in [9.17, 15) is 14.9 Å². The first-order chi connectivity index (χ1) is 21.4. The number of imide groups is 1. The smallest absolute Gasteiger partial charge is 0.271 e. The van der Waals surface area contributed by atoms with Crippen molar-refractivity contribution in [1.29, 1.82) is 5.26 Å². The molecular weight excluding hydrogens is 556 g/mol. The van der Waals surface area contributed by atoms with Crippen LogP contribution in [0.5, 0.6) is 17.2 Å². The molecule has 9 heteroatoms. The molecule has 5 rings (SSSR count). The Morgan fingerprint density at radius 3 is 2.32 bits per heavy atom. The second-order valence-corrected chi connectivity index (χ2v) is 10.0. The minimum atomic E-state index is -0.612. The largest absolute Gasteiger partial charge is 0.494 e. The highest BCUT2D eigenvalue weighted by Crippen LogP contribution is 2.33. The number of ether oxygens (including phenoxy) is 3. The maximum atomic E-state index is 13.9. The quantitative estimate of drug-likeness (QED) is 0.171. The van der Waals surface area contributed by atoms with Crippen molar-refractivity contribution in [2.75, 3.05) is 27.4 Å². The van der Waals surface area contributed by atoms with E-state index in [-0.39, 0.29) is 17.7 Å². The summed E-state index contributed by atoms with van der Waals surface area (Å²) in [6.07, 6.45) is 3.92. The molecule has 0 saturated carbocycles. The third kappa shape index (κ3) is 5.96. The van der Waals surface area contributed by atoms with Crippen LogP contribution in [0.15, 0.2) is 95.7 Å². The summed E-state index contributed by atoms with van der Waals surface area (Å²) >= 11 is 0. The molecular formula is C35H32N4O5. The molecule has 1 aliphatic heterocycles. The molecule has 9 nitrogen and oxygen atoms in total. The predicted molar refractivity (Wildman–Crippen MR) is 166 cm³/mol. The number of rotatable bonds is 10. The van der Waals surface area contributed by atoms with Crippen molar-refractivity contribution in [3.05, 3.63) is 107 Å². The molecule has 0 aliphatic carbocycles. The molecule has 0 fully saturated rings. The fourth-order valence-corrected chi connectivity index (χ4v) is 5.07. The van der Waals surface area contributed by atoms with E-state index in [0.29, 0.717) is 41.4 Å². The highest BCUT2D eigenvalue weighted by Gasteiger charge is 2.35. The van der Waals surface area contributed by atoms with E-state index < -0.39 is 11.8 Å². The van der Waals surface area contributed by atoms with E-state index in [1.807, 2.05) is 85.9 Å². The Morgan fingerprint density at radius 1 is 0.932 bits per heavy atom. The van der Waals surface area contributed by atoms with Crippen LogP contribution in [-0.2, 0) is 16.0 Å². The van der Waals surface area contributed by atoms with E-state index in [1.54, 1.807) is 38.0 Å². The molecule has 222 valence electrons. The number of carbonyl (C=O) groups excluding carboxylic acids is 2. The zero-order valence-corrected chi connectivity index (χ0v) is 25.0. The lowest BCUT2D eigenvalue weighted by atomic mass is 9.93. The topological polar surface area (TPSA) is 107 Å². The number of hydrogen-bond acceptors (Lipinski definition) is 7. The van der Waals surface area contributed by atoms with E-state index in [0.717, 1.165) is 27.5 Å².